The highest BCUT2D eigenvalue weighted by Crippen LogP contribution is 2.18. The van der Waals surface area contributed by atoms with Crippen LogP contribution in [0.15, 0.2) is 6.07 Å². The van der Waals surface area contributed by atoms with Crippen molar-refractivity contribution in [2.45, 2.75) is 20.8 Å². The van der Waals surface area contributed by atoms with Crippen molar-refractivity contribution < 1.29 is 8.78 Å². The molecule has 0 fully saturated rings. The molecule has 0 saturated heterocycles. The minimum Gasteiger partial charge on any atom is -0.204 e. The number of rotatable bonds is 0. The Labute approximate surface area is 64.9 Å². The molecule has 1 aromatic carbocycles. The topological polar surface area (TPSA) is 0 Å². The molecule has 11 heavy (non-hydrogen) atoms. The van der Waals surface area contributed by atoms with Crippen molar-refractivity contribution in [2.75, 3.05) is 0 Å². The van der Waals surface area contributed by atoms with Crippen molar-refractivity contribution in [2.24, 2.45) is 0 Å². The molecule has 2 heteroatoms. The van der Waals surface area contributed by atoms with Crippen LogP contribution in [0.3, 0.4) is 0 Å². The molecule has 0 aliphatic heterocycles. The third-order valence-corrected chi connectivity index (χ3v) is 2.04. The summed E-state index contributed by atoms with van der Waals surface area (Å²) >= 11 is 0. The zero-order valence-corrected chi connectivity index (χ0v) is 6.83. The van der Waals surface area contributed by atoms with Gasteiger partial charge >= 0.3 is 0 Å². The van der Waals surface area contributed by atoms with Crippen molar-refractivity contribution in [3.8, 4) is 0 Å². The van der Waals surface area contributed by atoms with E-state index in [0.717, 1.165) is 11.1 Å². The van der Waals surface area contributed by atoms with E-state index in [9.17, 15) is 8.78 Å². The molecule has 1 aromatic rings. The van der Waals surface area contributed by atoms with E-state index in [1.54, 1.807) is 20.8 Å². The van der Waals surface area contributed by atoms with E-state index in [2.05, 4.69) is 0 Å². The normalized spacial score (nSPS) is 10.3. The van der Waals surface area contributed by atoms with E-state index in [1.165, 1.54) is 6.07 Å². The van der Waals surface area contributed by atoms with Crippen LogP contribution in [0.5, 0.6) is 0 Å². The molecule has 0 aliphatic rings. The molecule has 0 spiro atoms. The molecular weight excluding hydrogens is 146 g/mol. The third kappa shape index (κ3) is 1.25. The average Bonchev–Trinajstić information content (AvgIpc) is 1.97. The predicted octanol–water partition coefficient (Wildman–Crippen LogP) is 2.89. The number of halogens is 2. The lowest BCUT2D eigenvalue weighted by molar-refractivity contribution is 0.501. The van der Waals surface area contributed by atoms with Gasteiger partial charge in [-0.05, 0) is 43.5 Å². The Hall–Kier alpha value is -0.920. The van der Waals surface area contributed by atoms with Crippen molar-refractivity contribution in [1.29, 1.82) is 0 Å². The number of hydrogen-bond donors (Lipinski definition) is 0. The van der Waals surface area contributed by atoms with Crippen LogP contribution in [0.2, 0.25) is 0 Å². The maximum absolute atomic E-state index is 12.8. The maximum atomic E-state index is 12.8. The summed E-state index contributed by atoms with van der Waals surface area (Å²) < 4.78 is 25.4. The molecule has 0 nitrogen and oxygen atoms in total. The van der Waals surface area contributed by atoms with E-state index in [4.69, 9.17) is 0 Å². The highest BCUT2D eigenvalue weighted by atomic mass is 19.2. The molecule has 0 aliphatic carbocycles. The lowest BCUT2D eigenvalue weighted by atomic mass is 10.0. The quantitative estimate of drug-likeness (QED) is 0.541. The molecule has 0 heterocycles. The predicted molar refractivity (Wildman–Crippen MR) is 40.6 cm³/mol. The van der Waals surface area contributed by atoms with Gasteiger partial charge in [0.05, 0.1) is 0 Å². The lowest BCUT2D eigenvalue weighted by Gasteiger charge is -2.05. The van der Waals surface area contributed by atoms with Gasteiger partial charge in [0.25, 0.3) is 0 Å². The number of aryl methyl sites for hydroxylation is 1. The van der Waals surface area contributed by atoms with Crippen LogP contribution in [-0.4, -0.2) is 0 Å². The van der Waals surface area contributed by atoms with E-state index < -0.39 is 11.6 Å². The van der Waals surface area contributed by atoms with Crippen LogP contribution in [-0.2, 0) is 0 Å². The molecule has 0 saturated carbocycles. The highest BCUT2D eigenvalue weighted by molar-refractivity contribution is 5.33. The molecule has 0 N–H and O–H groups in total. The SMILES string of the molecule is Cc1cc(F)c(F)c(C)c1C. The van der Waals surface area contributed by atoms with E-state index in [1.807, 2.05) is 0 Å². The Morgan fingerprint density at radius 3 is 2.09 bits per heavy atom. The third-order valence-electron chi connectivity index (χ3n) is 2.04. The zero-order valence-electron chi connectivity index (χ0n) is 6.83. The standard InChI is InChI=1S/C9H10F2/c1-5-4-8(10)9(11)7(3)6(5)2/h4H,1-3H3. The summed E-state index contributed by atoms with van der Waals surface area (Å²) in [5.74, 6) is -1.49. The minimum atomic E-state index is -0.759. The summed E-state index contributed by atoms with van der Waals surface area (Å²) in [5, 5.41) is 0. The van der Waals surface area contributed by atoms with Gasteiger partial charge in [0.2, 0.25) is 0 Å². The molecule has 60 valence electrons. The van der Waals surface area contributed by atoms with Gasteiger partial charge in [-0.3, -0.25) is 0 Å². The van der Waals surface area contributed by atoms with Crippen LogP contribution in [0, 0.1) is 32.4 Å². The van der Waals surface area contributed by atoms with E-state index in [-0.39, 0.29) is 0 Å². The molecular formula is C9H10F2. The average molecular weight is 156 g/mol. The second-order valence-corrected chi connectivity index (χ2v) is 2.74. The first-order valence-electron chi connectivity index (χ1n) is 3.46. The fourth-order valence-electron chi connectivity index (χ4n) is 1.00. The number of benzene rings is 1. The van der Waals surface area contributed by atoms with E-state index >= 15 is 0 Å². The highest BCUT2D eigenvalue weighted by Gasteiger charge is 2.08. The van der Waals surface area contributed by atoms with Crippen LogP contribution in [0.25, 0.3) is 0 Å². The van der Waals surface area contributed by atoms with Crippen molar-refractivity contribution in [1.82, 2.24) is 0 Å². The largest absolute Gasteiger partial charge is 0.204 e. The van der Waals surface area contributed by atoms with Gasteiger partial charge in [0.1, 0.15) is 0 Å². The fourth-order valence-corrected chi connectivity index (χ4v) is 1.00. The number of hydrogen-bond acceptors (Lipinski definition) is 0. The smallest absolute Gasteiger partial charge is 0.162 e. The van der Waals surface area contributed by atoms with Crippen LogP contribution in [0.1, 0.15) is 16.7 Å². The molecule has 1 rings (SSSR count). The van der Waals surface area contributed by atoms with Gasteiger partial charge in [-0.2, -0.15) is 0 Å². The Morgan fingerprint density at radius 1 is 1.00 bits per heavy atom. The van der Waals surface area contributed by atoms with Gasteiger partial charge in [0, 0.05) is 0 Å². The Morgan fingerprint density at radius 2 is 1.55 bits per heavy atom. The van der Waals surface area contributed by atoms with Gasteiger partial charge in [-0.25, -0.2) is 8.78 Å². The van der Waals surface area contributed by atoms with Gasteiger partial charge < -0.3 is 0 Å². The van der Waals surface area contributed by atoms with Crippen LogP contribution >= 0.6 is 0 Å². The fraction of sp³-hybridized carbons (Fsp3) is 0.333. The van der Waals surface area contributed by atoms with Gasteiger partial charge in [-0.15, -0.1) is 0 Å². The summed E-state index contributed by atoms with van der Waals surface area (Å²) in [6, 6.07) is 1.22. The summed E-state index contributed by atoms with van der Waals surface area (Å²) in [7, 11) is 0. The Kier molecular flexibility index (Phi) is 1.94. The summed E-state index contributed by atoms with van der Waals surface area (Å²) in [5.41, 5.74) is 2.02. The minimum absolute atomic E-state index is 0.405. The summed E-state index contributed by atoms with van der Waals surface area (Å²) in [6.07, 6.45) is 0. The molecule has 0 amide bonds. The van der Waals surface area contributed by atoms with Crippen LogP contribution in [0.4, 0.5) is 8.78 Å². The molecule has 0 radical (unpaired) electrons. The second kappa shape index (κ2) is 2.61. The first-order chi connectivity index (χ1) is 5.04. The van der Waals surface area contributed by atoms with E-state index in [0.29, 0.717) is 5.56 Å². The van der Waals surface area contributed by atoms with Crippen molar-refractivity contribution in [3.05, 3.63) is 34.4 Å². The first-order valence-corrected chi connectivity index (χ1v) is 3.46. The molecule has 0 unspecified atom stereocenters. The monoisotopic (exact) mass is 156 g/mol. The van der Waals surface area contributed by atoms with Gasteiger partial charge in [0.15, 0.2) is 11.6 Å². The lowest BCUT2D eigenvalue weighted by Crippen LogP contribution is -1.95. The summed E-state index contributed by atoms with van der Waals surface area (Å²) in [6.45, 7) is 5.14. The van der Waals surface area contributed by atoms with Gasteiger partial charge in [-0.1, -0.05) is 0 Å². The summed E-state index contributed by atoms with van der Waals surface area (Å²) in [4.78, 5) is 0. The molecule has 0 bridgehead atoms. The molecule has 0 aromatic heterocycles. The van der Waals surface area contributed by atoms with Crippen molar-refractivity contribution in [3.63, 3.8) is 0 Å². The molecule has 0 atom stereocenters. The Balaban J connectivity index is 3.46. The Bertz CT molecular complexity index is 264. The van der Waals surface area contributed by atoms with Crippen molar-refractivity contribution >= 4 is 0 Å². The first kappa shape index (κ1) is 8.18. The van der Waals surface area contributed by atoms with Crippen LogP contribution < -0.4 is 0 Å². The second-order valence-electron chi connectivity index (χ2n) is 2.74. The maximum Gasteiger partial charge on any atom is 0.162 e. The zero-order chi connectivity index (χ0) is 8.59.